The van der Waals surface area contributed by atoms with Crippen LogP contribution in [0.15, 0.2) is 35.3 Å². The summed E-state index contributed by atoms with van der Waals surface area (Å²) in [5.74, 6) is 0.578. The van der Waals surface area contributed by atoms with Gasteiger partial charge in [-0.15, -0.1) is 11.8 Å². The summed E-state index contributed by atoms with van der Waals surface area (Å²) in [6.07, 6.45) is 0. The molecule has 0 aliphatic carbocycles. The topological polar surface area (TPSA) is 12.4 Å². The van der Waals surface area contributed by atoms with E-state index >= 15 is 0 Å². The Morgan fingerprint density at radius 2 is 2.00 bits per heavy atom. The SMILES string of the molecule is CC(C)C1=NCC(c2ccccc2)S1. The summed E-state index contributed by atoms with van der Waals surface area (Å²) in [5.41, 5.74) is 1.40. The number of benzene rings is 1. The van der Waals surface area contributed by atoms with Crippen molar-refractivity contribution in [1.82, 2.24) is 0 Å². The summed E-state index contributed by atoms with van der Waals surface area (Å²) in [4.78, 5) is 4.57. The molecule has 0 N–H and O–H groups in total. The minimum absolute atomic E-state index is 0.550. The maximum atomic E-state index is 4.57. The minimum atomic E-state index is 0.550. The highest BCUT2D eigenvalue weighted by atomic mass is 32.2. The number of rotatable bonds is 2. The van der Waals surface area contributed by atoms with Crippen LogP contribution in [0.4, 0.5) is 0 Å². The number of thioether (sulfide) groups is 1. The summed E-state index contributed by atoms with van der Waals surface area (Å²) in [5, 5.41) is 1.85. The molecule has 0 spiro atoms. The average molecular weight is 205 g/mol. The second kappa shape index (κ2) is 4.18. The Bertz CT molecular complexity index is 329. The van der Waals surface area contributed by atoms with Gasteiger partial charge in [0, 0.05) is 5.92 Å². The largest absolute Gasteiger partial charge is 0.281 e. The van der Waals surface area contributed by atoms with E-state index in [0.717, 1.165) is 6.54 Å². The van der Waals surface area contributed by atoms with Crippen LogP contribution in [-0.4, -0.2) is 11.6 Å². The van der Waals surface area contributed by atoms with Crippen LogP contribution < -0.4 is 0 Å². The Kier molecular flexibility index (Phi) is 2.92. The molecule has 2 heteroatoms. The van der Waals surface area contributed by atoms with Crippen molar-refractivity contribution < 1.29 is 0 Å². The van der Waals surface area contributed by atoms with E-state index in [1.54, 1.807) is 0 Å². The Morgan fingerprint density at radius 1 is 1.29 bits per heavy atom. The van der Waals surface area contributed by atoms with Crippen LogP contribution in [0.5, 0.6) is 0 Å². The third-order valence-electron chi connectivity index (χ3n) is 2.34. The molecule has 0 aromatic heterocycles. The Morgan fingerprint density at radius 3 is 2.57 bits per heavy atom. The normalized spacial score (nSPS) is 21.4. The highest BCUT2D eigenvalue weighted by molar-refractivity contribution is 8.14. The molecular formula is C12H15NS. The van der Waals surface area contributed by atoms with Gasteiger partial charge in [0.05, 0.1) is 16.8 Å². The minimum Gasteiger partial charge on any atom is -0.281 e. The molecule has 0 radical (unpaired) electrons. The van der Waals surface area contributed by atoms with E-state index in [-0.39, 0.29) is 0 Å². The molecule has 1 aliphatic heterocycles. The fraction of sp³-hybridized carbons (Fsp3) is 0.417. The summed E-state index contributed by atoms with van der Waals surface area (Å²) in [6.45, 7) is 5.36. The highest BCUT2D eigenvalue weighted by Gasteiger charge is 2.22. The van der Waals surface area contributed by atoms with E-state index in [1.807, 2.05) is 11.8 Å². The van der Waals surface area contributed by atoms with Crippen molar-refractivity contribution in [3.63, 3.8) is 0 Å². The molecule has 14 heavy (non-hydrogen) atoms. The molecule has 1 atom stereocenters. The number of nitrogens with zero attached hydrogens (tertiary/aromatic N) is 1. The molecule has 1 unspecified atom stereocenters. The smallest absolute Gasteiger partial charge is 0.0708 e. The van der Waals surface area contributed by atoms with Crippen molar-refractivity contribution in [2.24, 2.45) is 10.9 Å². The molecule has 1 aliphatic rings. The molecule has 0 saturated heterocycles. The monoisotopic (exact) mass is 205 g/mol. The van der Waals surface area contributed by atoms with Gasteiger partial charge in [-0.3, -0.25) is 4.99 Å². The van der Waals surface area contributed by atoms with Gasteiger partial charge >= 0.3 is 0 Å². The van der Waals surface area contributed by atoms with Crippen LogP contribution in [0.3, 0.4) is 0 Å². The number of hydrogen-bond acceptors (Lipinski definition) is 2. The lowest BCUT2D eigenvalue weighted by atomic mass is 10.1. The maximum absolute atomic E-state index is 4.57. The van der Waals surface area contributed by atoms with Crippen molar-refractivity contribution in [1.29, 1.82) is 0 Å². The van der Waals surface area contributed by atoms with Gasteiger partial charge in [-0.1, -0.05) is 44.2 Å². The molecule has 1 aromatic rings. The van der Waals surface area contributed by atoms with Crippen molar-refractivity contribution in [3.05, 3.63) is 35.9 Å². The molecule has 0 amide bonds. The third-order valence-corrected chi connectivity index (χ3v) is 3.89. The lowest BCUT2D eigenvalue weighted by Crippen LogP contribution is -1.99. The van der Waals surface area contributed by atoms with Crippen LogP contribution in [-0.2, 0) is 0 Å². The van der Waals surface area contributed by atoms with E-state index in [1.165, 1.54) is 10.6 Å². The van der Waals surface area contributed by atoms with Gasteiger partial charge in [0.25, 0.3) is 0 Å². The van der Waals surface area contributed by atoms with Gasteiger partial charge in [0.1, 0.15) is 0 Å². The van der Waals surface area contributed by atoms with Gasteiger partial charge in [0.15, 0.2) is 0 Å². The molecular weight excluding hydrogens is 190 g/mol. The first-order valence-electron chi connectivity index (χ1n) is 5.03. The predicted octanol–water partition coefficient (Wildman–Crippen LogP) is 3.53. The molecule has 0 bridgehead atoms. The van der Waals surface area contributed by atoms with E-state index in [0.29, 0.717) is 11.2 Å². The first-order chi connectivity index (χ1) is 6.77. The van der Waals surface area contributed by atoms with Gasteiger partial charge < -0.3 is 0 Å². The summed E-state index contributed by atoms with van der Waals surface area (Å²) in [6, 6.07) is 10.6. The van der Waals surface area contributed by atoms with Crippen molar-refractivity contribution in [2.75, 3.05) is 6.54 Å². The first-order valence-corrected chi connectivity index (χ1v) is 5.91. The molecule has 2 rings (SSSR count). The fourth-order valence-corrected chi connectivity index (χ4v) is 2.71. The van der Waals surface area contributed by atoms with E-state index in [4.69, 9.17) is 0 Å². The molecule has 1 aromatic carbocycles. The molecule has 1 heterocycles. The van der Waals surface area contributed by atoms with Gasteiger partial charge in [-0.05, 0) is 5.56 Å². The Hall–Kier alpha value is -0.760. The van der Waals surface area contributed by atoms with Crippen LogP contribution in [0.25, 0.3) is 0 Å². The van der Waals surface area contributed by atoms with Crippen LogP contribution in [0.1, 0.15) is 24.7 Å². The van der Waals surface area contributed by atoms with Crippen LogP contribution >= 0.6 is 11.8 Å². The summed E-state index contributed by atoms with van der Waals surface area (Å²) in [7, 11) is 0. The Labute approximate surface area is 89.6 Å². The van der Waals surface area contributed by atoms with Crippen LogP contribution in [0.2, 0.25) is 0 Å². The van der Waals surface area contributed by atoms with E-state index < -0.39 is 0 Å². The summed E-state index contributed by atoms with van der Waals surface area (Å²) >= 11 is 1.92. The second-order valence-corrected chi connectivity index (χ2v) is 5.07. The van der Waals surface area contributed by atoms with Crippen molar-refractivity contribution in [2.45, 2.75) is 19.1 Å². The van der Waals surface area contributed by atoms with Crippen molar-refractivity contribution >= 4 is 16.8 Å². The second-order valence-electron chi connectivity index (χ2n) is 3.85. The third kappa shape index (κ3) is 2.01. The number of hydrogen-bond donors (Lipinski definition) is 0. The molecule has 0 fully saturated rings. The Balaban J connectivity index is 2.06. The lowest BCUT2D eigenvalue weighted by Gasteiger charge is -2.09. The predicted molar refractivity (Wildman–Crippen MR) is 63.9 cm³/mol. The van der Waals surface area contributed by atoms with Gasteiger partial charge in [0.2, 0.25) is 0 Å². The molecule has 1 nitrogen and oxygen atoms in total. The zero-order valence-corrected chi connectivity index (χ0v) is 9.42. The lowest BCUT2D eigenvalue weighted by molar-refractivity contribution is 0.888. The van der Waals surface area contributed by atoms with E-state index in [2.05, 4.69) is 49.2 Å². The first kappa shape index (κ1) is 9.78. The van der Waals surface area contributed by atoms with E-state index in [9.17, 15) is 0 Å². The standard InChI is InChI=1S/C12H15NS/c1-9(2)12-13-8-11(14-12)10-6-4-3-5-7-10/h3-7,9,11H,8H2,1-2H3. The molecule has 74 valence electrons. The van der Waals surface area contributed by atoms with Crippen LogP contribution in [0, 0.1) is 5.92 Å². The maximum Gasteiger partial charge on any atom is 0.0708 e. The molecule has 0 saturated carbocycles. The fourth-order valence-electron chi connectivity index (χ4n) is 1.55. The number of aliphatic imine (C=N–C) groups is 1. The van der Waals surface area contributed by atoms with Gasteiger partial charge in [-0.2, -0.15) is 0 Å². The zero-order valence-electron chi connectivity index (χ0n) is 8.60. The average Bonchev–Trinajstić information content (AvgIpc) is 2.68. The summed E-state index contributed by atoms with van der Waals surface area (Å²) < 4.78 is 0. The zero-order chi connectivity index (χ0) is 9.97. The van der Waals surface area contributed by atoms with Crippen molar-refractivity contribution in [3.8, 4) is 0 Å². The quantitative estimate of drug-likeness (QED) is 0.719. The highest BCUT2D eigenvalue weighted by Crippen LogP contribution is 2.37. The van der Waals surface area contributed by atoms with Gasteiger partial charge in [-0.25, -0.2) is 0 Å².